The van der Waals surface area contributed by atoms with Gasteiger partial charge in [-0.1, -0.05) is 12.1 Å². The lowest BCUT2D eigenvalue weighted by atomic mass is 10.2. The molecule has 1 aromatic rings. The summed E-state index contributed by atoms with van der Waals surface area (Å²) in [5.41, 5.74) is 0. The Bertz CT molecular complexity index is 687. The van der Waals surface area contributed by atoms with E-state index >= 15 is 0 Å². The first-order valence-corrected chi connectivity index (χ1v) is 10.3. The Kier molecular flexibility index (Phi) is 7.71. The number of methoxy groups -OCH3 is 1. The summed E-state index contributed by atoms with van der Waals surface area (Å²) in [5, 5.41) is 9.02. The molecule has 160 valence electrons. The number of rotatable bonds is 10. The van der Waals surface area contributed by atoms with Crippen molar-refractivity contribution in [2.45, 2.75) is 25.3 Å². The SMILES string of the molecule is COc1ccccc1OCC(=O)N(CCC(=O)N1CCN(CCO)CC1)C1CC1. The molecule has 0 spiro atoms. The van der Waals surface area contributed by atoms with Crippen LogP contribution >= 0.6 is 0 Å². The van der Waals surface area contributed by atoms with E-state index in [1.54, 1.807) is 24.1 Å². The number of aliphatic hydroxyl groups is 1. The summed E-state index contributed by atoms with van der Waals surface area (Å²) in [5.74, 6) is 1.11. The molecule has 0 radical (unpaired) electrons. The van der Waals surface area contributed by atoms with E-state index in [-0.39, 0.29) is 31.1 Å². The zero-order valence-corrected chi connectivity index (χ0v) is 17.1. The molecular weight excluding hydrogens is 374 g/mol. The van der Waals surface area contributed by atoms with Crippen molar-refractivity contribution in [2.75, 3.05) is 59.6 Å². The summed E-state index contributed by atoms with van der Waals surface area (Å²) >= 11 is 0. The summed E-state index contributed by atoms with van der Waals surface area (Å²) in [7, 11) is 1.57. The third-order valence-electron chi connectivity index (χ3n) is 5.44. The number of amides is 2. The van der Waals surface area contributed by atoms with E-state index in [1.165, 1.54) is 0 Å². The van der Waals surface area contributed by atoms with Crippen LogP contribution in [0.2, 0.25) is 0 Å². The molecular formula is C21H31N3O5. The Morgan fingerprint density at radius 2 is 1.83 bits per heavy atom. The Labute approximate surface area is 172 Å². The molecule has 1 aliphatic heterocycles. The van der Waals surface area contributed by atoms with Gasteiger partial charge in [0.25, 0.3) is 5.91 Å². The van der Waals surface area contributed by atoms with Gasteiger partial charge in [-0.3, -0.25) is 14.5 Å². The minimum atomic E-state index is -0.0982. The van der Waals surface area contributed by atoms with E-state index in [0.717, 1.165) is 25.9 Å². The molecule has 0 unspecified atom stereocenters. The predicted octanol–water partition coefficient (Wildman–Crippen LogP) is 0.592. The van der Waals surface area contributed by atoms with E-state index < -0.39 is 0 Å². The number of hydrogen-bond acceptors (Lipinski definition) is 6. The van der Waals surface area contributed by atoms with Crippen LogP contribution < -0.4 is 9.47 Å². The maximum atomic E-state index is 12.7. The second-order valence-corrected chi connectivity index (χ2v) is 7.45. The van der Waals surface area contributed by atoms with Crippen LogP contribution in [-0.2, 0) is 9.59 Å². The third-order valence-corrected chi connectivity index (χ3v) is 5.44. The molecule has 0 aromatic heterocycles. The van der Waals surface area contributed by atoms with Gasteiger partial charge >= 0.3 is 0 Å². The van der Waals surface area contributed by atoms with E-state index in [0.29, 0.717) is 44.1 Å². The zero-order chi connectivity index (χ0) is 20.6. The van der Waals surface area contributed by atoms with Crippen LogP contribution in [0.1, 0.15) is 19.3 Å². The molecule has 8 heteroatoms. The number of carbonyl (C=O) groups is 2. The third kappa shape index (κ3) is 6.08. The van der Waals surface area contributed by atoms with Gasteiger partial charge in [-0.05, 0) is 25.0 Å². The molecule has 1 N–H and O–H groups in total. The standard InChI is InChI=1S/C21H31N3O5/c1-28-18-4-2-3-5-19(18)29-16-21(27)24(17-6-7-17)9-8-20(26)23-12-10-22(11-13-23)14-15-25/h2-5,17,25H,6-16H2,1H3. The number of β-amino-alcohol motifs (C(OH)–C–C–N with tert-alkyl or cyclic N) is 1. The summed E-state index contributed by atoms with van der Waals surface area (Å²) in [4.78, 5) is 31.1. The molecule has 1 saturated heterocycles. The number of para-hydroxylation sites is 2. The maximum Gasteiger partial charge on any atom is 0.260 e. The van der Waals surface area contributed by atoms with Gasteiger partial charge in [0.1, 0.15) is 0 Å². The van der Waals surface area contributed by atoms with Crippen LogP contribution in [0, 0.1) is 0 Å². The molecule has 0 bridgehead atoms. The highest BCUT2D eigenvalue weighted by Gasteiger charge is 2.33. The van der Waals surface area contributed by atoms with Gasteiger partial charge in [-0.15, -0.1) is 0 Å². The molecule has 2 fully saturated rings. The Morgan fingerprint density at radius 1 is 1.14 bits per heavy atom. The van der Waals surface area contributed by atoms with Gasteiger partial charge in [-0.2, -0.15) is 0 Å². The van der Waals surface area contributed by atoms with E-state index in [4.69, 9.17) is 14.6 Å². The molecule has 2 amide bonds. The number of benzene rings is 1. The molecule has 1 aromatic carbocycles. The molecule has 1 heterocycles. The number of nitrogens with zero attached hydrogens (tertiary/aromatic N) is 3. The van der Waals surface area contributed by atoms with Gasteiger partial charge in [0, 0.05) is 51.7 Å². The lowest BCUT2D eigenvalue weighted by Crippen LogP contribution is -2.50. The predicted molar refractivity (Wildman–Crippen MR) is 108 cm³/mol. The number of hydrogen-bond donors (Lipinski definition) is 1. The highest BCUT2D eigenvalue weighted by atomic mass is 16.5. The van der Waals surface area contributed by atoms with Gasteiger partial charge in [0.2, 0.25) is 5.91 Å². The summed E-state index contributed by atoms with van der Waals surface area (Å²) in [6, 6.07) is 7.46. The topological polar surface area (TPSA) is 82.6 Å². The van der Waals surface area contributed by atoms with E-state index in [2.05, 4.69) is 4.90 Å². The quantitative estimate of drug-likeness (QED) is 0.614. The van der Waals surface area contributed by atoms with Crippen LogP contribution in [0.25, 0.3) is 0 Å². The minimum absolute atomic E-state index is 0.0646. The second kappa shape index (κ2) is 10.5. The maximum absolute atomic E-state index is 12.7. The monoisotopic (exact) mass is 405 g/mol. The van der Waals surface area contributed by atoms with E-state index in [9.17, 15) is 9.59 Å². The molecule has 29 heavy (non-hydrogen) atoms. The fraction of sp³-hybridized carbons (Fsp3) is 0.619. The highest BCUT2D eigenvalue weighted by Crippen LogP contribution is 2.29. The molecule has 1 saturated carbocycles. The highest BCUT2D eigenvalue weighted by molar-refractivity contribution is 5.80. The molecule has 3 rings (SSSR count). The largest absolute Gasteiger partial charge is 0.493 e. The van der Waals surface area contributed by atoms with Crippen molar-refractivity contribution in [3.63, 3.8) is 0 Å². The fourth-order valence-corrected chi connectivity index (χ4v) is 3.59. The Morgan fingerprint density at radius 3 is 2.45 bits per heavy atom. The van der Waals surface area contributed by atoms with Crippen LogP contribution in [0.4, 0.5) is 0 Å². The summed E-state index contributed by atoms with van der Waals surface area (Å²) in [6.45, 7) is 4.07. The lowest BCUT2D eigenvalue weighted by molar-refractivity contribution is -0.137. The van der Waals surface area contributed by atoms with Crippen molar-refractivity contribution < 1.29 is 24.2 Å². The first kappa shape index (κ1) is 21.4. The molecule has 8 nitrogen and oxygen atoms in total. The zero-order valence-electron chi connectivity index (χ0n) is 17.1. The number of aliphatic hydroxyl groups excluding tert-OH is 1. The first-order chi connectivity index (χ1) is 14.1. The van der Waals surface area contributed by atoms with Crippen LogP contribution in [0.3, 0.4) is 0 Å². The normalized spacial score (nSPS) is 17.1. The van der Waals surface area contributed by atoms with Gasteiger partial charge < -0.3 is 24.4 Å². The van der Waals surface area contributed by atoms with Gasteiger partial charge in [-0.25, -0.2) is 0 Å². The summed E-state index contributed by atoms with van der Waals surface area (Å²) in [6.07, 6.45) is 2.29. The fourth-order valence-electron chi connectivity index (χ4n) is 3.59. The van der Waals surface area contributed by atoms with Crippen molar-refractivity contribution in [1.29, 1.82) is 0 Å². The van der Waals surface area contributed by atoms with Gasteiger partial charge in [0.15, 0.2) is 18.1 Å². The second-order valence-electron chi connectivity index (χ2n) is 7.45. The average molecular weight is 405 g/mol. The van der Waals surface area contributed by atoms with Crippen molar-refractivity contribution in [2.24, 2.45) is 0 Å². The average Bonchev–Trinajstić information content (AvgIpc) is 3.58. The smallest absolute Gasteiger partial charge is 0.260 e. The molecule has 1 aliphatic carbocycles. The molecule has 0 atom stereocenters. The lowest BCUT2D eigenvalue weighted by Gasteiger charge is -2.34. The number of piperazine rings is 1. The Hall–Kier alpha value is -2.32. The van der Waals surface area contributed by atoms with Crippen LogP contribution in [-0.4, -0.2) is 97.3 Å². The minimum Gasteiger partial charge on any atom is -0.493 e. The van der Waals surface area contributed by atoms with Crippen molar-refractivity contribution in [3.05, 3.63) is 24.3 Å². The Balaban J connectivity index is 1.46. The number of carbonyl (C=O) groups excluding carboxylic acids is 2. The first-order valence-electron chi connectivity index (χ1n) is 10.3. The summed E-state index contributed by atoms with van der Waals surface area (Å²) < 4.78 is 10.9. The van der Waals surface area contributed by atoms with Crippen LogP contribution in [0.5, 0.6) is 11.5 Å². The van der Waals surface area contributed by atoms with Crippen molar-refractivity contribution in [1.82, 2.24) is 14.7 Å². The van der Waals surface area contributed by atoms with E-state index in [1.807, 2.05) is 17.0 Å². The molecule has 2 aliphatic rings. The van der Waals surface area contributed by atoms with Gasteiger partial charge in [0.05, 0.1) is 13.7 Å². The number of ether oxygens (including phenoxy) is 2. The van der Waals surface area contributed by atoms with Crippen molar-refractivity contribution in [3.8, 4) is 11.5 Å². The van der Waals surface area contributed by atoms with Crippen LogP contribution in [0.15, 0.2) is 24.3 Å². The van der Waals surface area contributed by atoms with Crippen molar-refractivity contribution >= 4 is 11.8 Å².